The predicted octanol–water partition coefficient (Wildman–Crippen LogP) is 3.70. The lowest BCUT2D eigenvalue weighted by Crippen LogP contribution is -2.28. The Bertz CT molecular complexity index is 553. The van der Waals surface area contributed by atoms with Crippen LogP contribution in [0.25, 0.3) is 4.85 Å². The summed E-state index contributed by atoms with van der Waals surface area (Å²) in [5.41, 5.74) is -1.37. The van der Waals surface area contributed by atoms with Crippen LogP contribution in [0, 0.1) is 17.9 Å². The van der Waals surface area contributed by atoms with Crippen LogP contribution in [0.3, 0.4) is 0 Å². The number of nitrogens with zero attached hydrogens (tertiary/aromatic N) is 4. The van der Waals surface area contributed by atoms with Gasteiger partial charge in [0.05, 0.1) is 24.6 Å². The normalized spacial score (nSPS) is 15.0. The quantitative estimate of drug-likeness (QED) is 0.796. The molecule has 1 aromatic heterocycles. The summed E-state index contributed by atoms with van der Waals surface area (Å²) in [6, 6.07) is 1.74. The Morgan fingerprint density at radius 3 is 2.33 bits per heavy atom. The van der Waals surface area contributed by atoms with Crippen molar-refractivity contribution in [3.63, 3.8) is 0 Å². The van der Waals surface area contributed by atoms with Crippen LogP contribution in [-0.2, 0) is 12.0 Å². The van der Waals surface area contributed by atoms with Gasteiger partial charge < -0.3 is 0 Å². The Kier molecular flexibility index (Phi) is 4.68. The molecule has 1 atom stereocenters. The topological polar surface area (TPSA) is 46.0 Å². The molecule has 114 valence electrons. The van der Waals surface area contributed by atoms with E-state index < -0.39 is 24.6 Å². The molecule has 0 aliphatic heterocycles. The first kappa shape index (κ1) is 17.0. The Morgan fingerprint density at radius 2 is 1.95 bits per heavy atom. The van der Waals surface area contributed by atoms with E-state index in [9.17, 15) is 13.2 Å². The number of hydrogen-bond acceptors (Lipinski definition) is 2. The van der Waals surface area contributed by atoms with Crippen molar-refractivity contribution in [2.45, 2.75) is 57.3 Å². The van der Waals surface area contributed by atoms with Gasteiger partial charge in [0.15, 0.2) is 6.07 Å². The third-order valence-corrected chi connectivity index (χ3v) is 3.06. The molecule has 0 radical (unpaired) electrons. The summed E-state index contributed by atoms with van der Waals surface area (Å²) in [4.78, 5) is 3.16. The Labute approximate surface area is 122 Å². The zero-order chi connectivity index (χ0) is 16.3. The highest BCUT2D eigenvalue weighted by Gasteiger charge is 2.42. The summed E-state index contributed by atoms with van der Waals surface area (Å²) >= 11 is 0. The maximum Gasteiger partial charge on any atom is 0.389 e. The van der Waals surface area contributed by atoms with E-state index in [1.807, 2.05) is 20.8 Å². The van der Waals surface area contributed by atoms with Gasteiger partial charge in [0.25, 0.3) is 0 Å². The molecule has 1 unspecified atom stereocenters. The molecule has 0 aliphatic rings. The summed E-state index contributed by atoms with van der Waals surface area (Å²) in [5.74, 6) is 0. The molecule has 1 rings (SSSR count). The summed E-state index contributed by atoms with van der Waals surface area (Å²) in [6.07, 6.45) is -2.93. The van der Waals surface area contributed by atoms with Gasteiger partial charge >= 0.3 is 11.7 Å². The van der Waals surface area contributed by atoms with Gasteiger partial charge in [-0.2, -0.15) is 23.5 Å². The van der Waals surface area contributed by atoms with Crippen molar-refractivity contribution in [2.75, 3.05) is 0 Å². The van der Waals surface area contributed by atoms with Crippen LogP contribution < -0.4 is 0 Å². The lowest BCUT2D eigenvalue weighted by atomic mass is 9.89. The van der Waals surface area contributed by atoms with Gasteiger partial charge in [0, 0.05) is 12.6 Å². The van der Waals surface area contributed by atoms with Crippen molar-refractivity contribution in [1.82, 2.24) is 9.78 Å². The van der Waals surface area contributed by atoms with Crippen LogP contribution in [0.1, 0.15) is 39.2 Å². The zero-order valence-electron chi connectivity index (χ0n) is 12.2. The van der Waals surface area contributed by atoms with Crippen LogP contribution in [0.15, 0.2) is 12.4 Å². The van der Waals surface area contributed by atoms with E-state index in [0.717, 1.165) is 0 Å². The standard InChI is InChI=1S/C14H17F3N4/c1-12(2,3)21-9-11(8-20-21)7-13(10-18,19-4)5-6-14(15,16)17/h8-9H,5-7H2,1-3H3. The average molecular weight is 298 g/mol. The third-order valence-electron chi connectivity index (χ3n) is 3.06. The van der Waals surface area contributed by atoms with Gasteiger partial charge in [-0.05, 0) is 26.3 Å². The first-order valence-corrected chi connectivity index (χ1v) is 6.42. The highest BCUT2D eigenvalue weighted by Crippen LogP contribution is 2.30. The molecule has 0 amide bonds. The second kappa shape index (κ2) is 5.77. The van der Waals surface area contributed by atoms with Crippen LogP contribution in [0.5, 0.6) is 0 Å². The molecule has 0 N–H and O–H groups in total. The number of alkyl halides is 3. The largest absolute Gasteiger partial charge is 0.389 e. The highest BCUT2D eigenvalue weighted by molar-refractivity contribution is 5.23. The molecule has 0 spiro atoms. The molecular weight excluding hydrogens is 281 g/mol. The number of hydrogen-bond donors (Lipinski definition) is 0. The third kappa shape index (κ3) is 4.78. The molecule has 4 nitrogen and oxygen atoms in total. The molecule has 7 heteroatoms. The van der Waals surface area contributed by atoms with E-state index in [1.165, 1.54) is 6.20 Å². The van der Waals surface area contributed by atoms with E-state index in [4.69, 9.17) is 11.8 Å². The summed E-state index contributed by atoms with van der Waals surface area (Å²) in [6.45, 7) is 12.9. The van der Waals surface area contributed by atoms with Crippen LogP contribution in [0.2, 0.25) is 0 Å². The first-order valence-electron chi connectivity index (χ1n) is 6.42. The summed E-state index contributed by atoms with van der Waals surface area (Å²) in [7, 11) is 0. The van der Waals surface area contributed by atoms with Gasteiger partial charge in [-0.3, -0.25) is 9.53 Å². The van der Waals surface area contributed by atoms with Crippen molar-refractivity contribution < 1.29 is 13.2 Å². The number of aromatic nitrogens is 2. The molecule has 1 aromatic rings. The number of rotatable bonds is 4. The molecule has 0 fully saturated rings. The van der Waals surface area contributed by atoms with Crippen molar-refractivity contribution in [3.8, 4) is 6.07 Å². The van der Waals surface area contributed by atoms with Gasteiger partial charge in [-0.15, -0.1) is 0 Å². The Hall–Kier alpha value is -2.02. The molecule has 0 aromatic carbocycles. The van der Waals surface area contributed by atoms with E-state index >= 15 is 0 Å². The van der Waals surface area contributed by atoms with Gasteiger partial charge in [0.1, 0.15) is 0 Å². The van der Waals surface area contributed by atoms with Crippen molar-refractivity contribution in [2.24, 2.45) is 0 Å². The monoisotopic (exact) mass is 298 g/mol. The van der Waals surface area contributed by atoms with E-state index in [2.05, 4.69) is 9.94 Å². The number of halogens is 3. The first-order chi connectivity index (χ1) is 9.51. The molecular formula is C14H17F3N4. The van der Waals surface area contributed by atoms with Gasteiger partial charge in [-0.1, -0.05) is 0 Å². The van der Waals surface area contributed by atoms with E-state index in [1.54, 1.807) is 16.9 Å². The average Bonchev–Trinajstić information content (AvgIpc) is 2.82. The lowest BCUT2D eigenvalue weighted by molar-refractivity contribution is -0.136. The van der Waals surface area contributed by atoms with E-state index in [0.29, 0.717) is 5.56 Å². The zero-order valence-corrected chi connectivity index (χ0v) is 12.2. The van der Waals surface area contributed by atoms with Crippen LogP contribution in [0.4, 0.5) is 13.2 Å². The molecule has 0 saturated heterocycles. The minimum atomic E-state index is -4.37. The summed E-state index contributed by atoms with van der Waals surface area (Å²) < 4.78 is 38.7. The van der Waals surface area contributed by atoms with Crippen LogP contribution >= 0.6 is 0 Å². The maximum absolute atomic E-state index is 12.3. The minimum Gasteiger partial charge on any atom is -0.294 e. The second-order valence-electron chi connectivity index (χ2n) is 6.01. The fraction of sp³-hybridized carbons (Fsp3) is 0.643. The second-order valence-corrected chi connectivity index (χ2v) is 6.01. The molecule has 0 aliphatic carbocycles. The predicted molar refractivity (Wildman–Crippen MR) is 71.2 cm³/mol. The SMILES string of the molecule is [C-]#[N+]C(C#N)(CCC(F)(F)F)Cc1cnn(C(C)(C)C)c1. The van der Waals surface area contributed by atoms with Crippen molar-refractivity contribution in [3.05, 3.63) is 29.4 Å². The minimum absolute atomic E-state index is 0.0564. The van der Waals surface area contributed by atoms with Gasteiger partial charge in [-0.25, -0.2) is 6.57 Å². The lowest BCUT2D eigenvalue weighted by Gasteiger charge is -2.19. The molecule has 1 heterocycles. The van der Waals surface area contributed by atoms with Crippen molar-refractivity contribution in [1.29, 1.82) is 5.26 Å². The van der Waals surface area contributed by atoms with Crippen LogP contribution in [-0.4, -0.2) is 21.5 Å². The molecule has 21 heavy (non-hydrogen) atoms. The Morgan fingerprint density at radius 1 is 1.33 bits per heavy atom. The van der Waals surface area contributed by atoms with E-state index in [-0.39, 0.29) is 12.0 Å². The molecule has 0 saturated carbocycles. The molecule has 0 bridgehead atoms. The van der Waals surface area contributed by atoms with Gasteiger partial charge in [0.2, 0.25) is 0 Å². The fourth-order valence-electron chi connectivity index (χ4n) is 1.81. The fourth-order valence-corrected chi connectivity index (χ4v) is 1.81. The Balaban J connectivity index is 2.92. The smallest absolute Gasteiger partial charge is 0.294 e. The highest BCUT2D eigenvalue weighted by atomic mass is 19.4. The van der Waals surface area contributed by atoms with Crippen molar-refractivity contribution >= 4 is 0 Å². The number of nitriles is 1. The summed E-state index contributed by atoms with van der Waals surface area (Å²) in [5, 5.41) is 13.3. The maximum atomic E-state index is 12.3.